The van der Waals surface area contributed by atoms with Gasteiger partial charge in [-0.25, -0.2) is 4.98 Å². The van der Waals surface area contributed by atoms with Crippen molar-refractivity contribution in [2.75, 3.05) is 44.4 Å². The molecular formula is C17H23F3N6. The van der Waals surface area contributed by atoms with Gasteiger partial charge in [0.05, 0.1) is 0 Å². The first-order valence-electron chi connectivity index (χ1n) is 8.33. The van der Waals surface area contributed by atoms with E-state index in [1.165, 1.54) is 0 Å². The van der Waals surface area contributed by atoms with Crippen molar-refractivity contribution in [1.29, 1.82) is 0 Å². The summed E-state index contributed by atoms with van der Waals surface area (Å²) >= 11 is 0. The first-order valence-corrected chi connectivity index (χ1v) is 8.33. The smallest absolute Gasteiger partial charge is 0.370 e. The Kier molecular flexibility index (Phi) is 7.14. The van der Waals surface area contributed by atoms with Gasteiger partial charge in [0.1, 0.15) is 5.82 Å². The molecule has 2 rings (SSSR count). The first-order chi connectivity index (χ1) is 12.3. The van der Waals surface area contributed by atoms with Crippen LogP contribution in [-0.2, 0) is 12.6 Å². The number of hydrogen-bond donors (Lipinski definition) is 2. The van der Waals surface area contributed by atoms with Gasteiger partial charge in [0, 0.05) is 37.5 Å². The van der Waals surface area contributed by atoms with Crippen molar-refractivity contribution in [3.63, 3.8) is 0 Å². The molecule has 0 aliphatic heterocycles. The summed E-state index contributed by atoms with van der Waals surface area (Å²) in [6.45, 7) is 1.74. The maximum atomic E-state index is 13.1. The average molecular weight is 368 g/mol. The fraction of sp³-hybridized carbons (Fsp3) is 0.471. The first kappa shape index (κ1) is 19.9. The predicted molar refractivity (Wildman–Crippen MR) is 95.1 cm³/mol. The van der Waals surface area contributed by atoms with Gasteiger partial charge in [-0.15, -0.1) is 0 Å². The van der Waals surface area contributed by atoms with E-state index in [0.717, 1.165) is 24.7 Å². The summed E-state index contributed by atoms with van der Waals surface area (Å²) in [5, 5.41) is 5.78. The zero-order valence-corrected chi connectivity index (χ0v) is 14.8. The fourth-order valence-corrected chi connectivity index (χ4v) is 2.22. The van der Waals surface area contributed by atoms with Crippen LogP contribution in [0.1, 0.15) is 17.8 Å². The van der Waals surface area contributed by atoms with E-state index in [1.807, 2.05) is 37.2 Å². The van der Waals surface area contributed by atoms with Crippen molar-refractivity contribution in [2.45, 2.75) is 19.0 Å². The zero-order valence-electron chi connectivity index (χ0n) is 14.8. The molecule has 2 N–H and O–H groups in total. The molecule has 0 amide bonds. The Morgan fingerprint density at radius 3 is 2.54 bits per heavy atom. The SMILES string of the molecule is CN(C)CCCNc1nc(NCCc2ccccn2)cc(C(F)(F)F)n1. The number of nitrogens with zero attached hydrogens (tertiary/aromatic N) is 4. The Morgan fingerprint density at radius 1 is 1.08 bits per heavy atom. The van der Waals surface area contributed by atoms with Gasteiger partial charge in [0.25, 0.3) is 0 Å². The minimum absolute atomic E-state index is 0.0288. The number of nitrogens with one attached hydrogen (secondary N) is 2. The normalized spacial score (nSPS) is 11.6. The molecule has 0 saturated carbocycles. The third-order valence-corrected chi connectivity index (χ3v) is 3.50. The van der Waals surface area contributed by atoms with Crippen molar-refractivity contribution in [3.05, 3.63) is 41.9 Å². The van der Waals surface area contributed by atoms with Crippen LogP contribution in [0.3, 0.4) is 0 Å². The van der Waals surface area contributed by atoms with E-state index in [1.54, 1.807) is 6.20 Å². The highest BCUT2D eigenvalue weighted by molar-refractivity contribution is 5.43. The number of anilines is 2. The van der Waals surface area contributed by atoms with Crippen molar-refractivity contribution in [2.24, 2.45) is 0 Å². The second-order valence-corrected chi connectivity index (χ2v) is 6.04. The number of halogens is 3. The van der Waals surface area contributed by atoms with Crippen LogP contribution in [0, 0.1) is 0 Å². The van der Waals surface area contributed by atoms with E-state index in [0.29, 0.717) is 19.5 Å². The van der Waals surface area contributed by atoms with Crippen LogP contribution in [0.4, 0.5) is 24.9 Å². The number of hydrogen-bond acceptors (Lipinski definition) is 6. The summed E-state index contributed by atoms with van der Waals surface area (Å²) in [6, 6.07) is 6.46. The van der Waals surface area contributed by atoms with Crippen LogP contribution in [0.2, 0.25) is 0 Å². The highest BCUT2D eigenvalue weighted by Gasteiger charge is 2.33. The van der Waals surface area contributed by atoms with Crippen molar-refractivity contribution < 1.29 is 13.2 Å². The topological polar surface area (TPSA) is 66.0 Å². The van der Waals surface area contributed by atoms with E-state index in [-0.39, 0.29) is 11.8 Å². The molecule has 0 unspecified atom stereocenters. The van der Waals surface area contributed by atoms with Gasteiger partial charge in [-0.2, -0.15) is 18.2 Å². The Balaban J connectivity index is 2.00. The molecule has 9 heteroatoms. The molecule has 0 aliphatic carbocycles. The Bertz CT molecular complexity index is 676. The highest BCUT2D eigenvalue weighted by atomic mass is 19.4. The van der Waals surface area contributed by atoms with Gasteiger partial charge in [-0.05, 0) is 39.2 Å². The van der Waals surface area contributed by atoms with Crippen LogP contribution in [-0.4, -0.2) is 53.6 Å². The molecular weight excluding hydrogens is 345 g/mol. The average Bonchev–Trinajstić information content (AvgIpc) is 2.59. The zero-order chi connectivity index (χ0) is 19.0. The summed E-state index contributed by atoms with van der Waals surface area (Å²) in [5.41, 5.74) is -0.116. The molecule has 6 nitrogen and oxygen atoms in total. The standard InChI is InChI=1S/C17H23F3N6/c1-26(2)11-5-9-23-16-24-14(17(18,19)20)12-15(25-16)22-10-7-13-6-3-4-8-21-13/h3-4,6,8,12H,5,7,9-11H2,1-2H3,(H2,22,23,24,25). The lowest BCUT2D eigenvalue weighted by Gasteiger charge is -2.13. The van der Waals surface area contributed by atoms with E-state index < -0.39 is 11.9 Å². The Labute approximate surface area is 150 Å². The van der Waals surface area contributed by atoms with Gasteiger partial charge in [0.2, 0.25) is 5.95 Å². The molecule has 0 bridgehead atoms. The van der Waals surface area contributed by atoms with Gasteiger partial charge in [-0.3, -0.25) is 4.98 Å². The molecule has 0 fully saturated rings. The second-order valence-electron chi connectivity index (χ2n) is 6.04. The molecule has 0 aromatic carbocycles. The maximum Gasteiger partial charge on any atom is 0.433 e. The van der Waals surface area contributed by atoms with Crippen LogP contribution in [0.5, 0.6) is 0 Å². The van der Waals surface area contributed by atoms with Gasteiger partial charge < -0.3 is 15.5 Å². The lowest BCUT2D eigenvalue weighted by Crippen LogP contribution is -2.18. The van der Waals surface area contributed by atoms with Gasteiger partial charge in [0.15, 0.2) is 5.69 Å². The van der Waals surface area contributed by atoms with Crippen molar-refractivity contribution in [3.8, 4) is 0 Å². The number of rotatable bonds is 9. The van der Waals surface area contributed by atoms with Crippen LogP contribution in [0.25, 0.3) is 0 Å². The van der Waals surface area contributed by atoms with E-state index in [9.17, 15) is 13.2 Å². The van der Waals surface area contributed by atoms with Crippen LogP contribution >= 0.6 is 0 Å². The Hall–Kier alpha value is -2.42. The molecule has 2 heterocycles. The number of alkyl halides is 3. The minimum Gasteiger partial charge on any atom is -0.370 e. The van der Waals surface area contributed by atoms with E-state index >= 15 is 0 Å². The summed E-state index contributed by atoms with van der Waals surface area (Å²) in [6.07, 6.45) is -1.50. The predicted octanol–water partition coefficient (Wildman–Crippen LogP) is 2.91. The number of pyridine rings is 1. The molecule has 0 atom stereocenters. The third-order valence-electron chi connectivity index (χ3n) is 3.50. The second kappa shape index (κ2) is 9.33. The molecule has 26 heavy (non-hydrogen) atoms. The summed E-state index contributed by atoms with van der Waals surface area (Å²) in [5.74, 6) is 0.109. The third kappa shape index (κ3) is 6.83. The molecule has 0 radical (unpaired) electrons. The number of aromatic nitrogens is 3. The monoisotopic (exact) mass is 368 g/mol. The molecule has 0 aliphatic rings. The summed E-state index contributed by atoms with van der Waals surface area (Å²) in [7, 11) is 3.87. The fourth-order valence-electron chi connectivity index (χ4n) is 2.22. The van der Waals surface area contributed by atoms with Gasteiger partial charge >= 0.3 is 6.18 Å². The van der Waals surface area contributed by atoms with E-state index in [4.69, 9.17) is 0 Å². The molecule has 0 spiro atoms. The lowest BCUT2D eigenvalue weighted by atomic mass is 10.2. The lowest BCUT2D eigenvalue weighted by molar-refractivity contribution is -0.141. The molecule has 142 valence electrons. The maximum absolute atomic E-state index is 13.1. The van der Waals surface area contributed by atoms with Crippen LogP contribution in [0.15, 0.2) is 30.5 Å². The molecule has 0 saturated heterocycles. The van der Waals surface area contributed by atoms with Crippen molar-refractivity contribution >= 4 is 11.8 Å². The largest absolute Gasteiger partial charge is 0.433 e. The van der Waals surface area contributed by atoms with Crippen molar-refractivity contribution in [1.82, 2.24) is 19.9 Å². The minimum atomic E-state index is -4.53. The highest BCUT2D eigenvalue weighted by Crippen LogP contribution is 2.29. The van der Waals surface area contributed by atoms with Gasteiger partial charge in [-0.1, -0.05) is 6.07 Å². The molecule has 2 aromatic rings. The Morgan fingerprint density at radius 2 is 1.88 bits per heavy atom. The molecule has 2 aromatic heterocycles. The summed E-state index contributed by atoms with van der Waals surface area (Å²) < 4.78 is 39.2. The quantitative estimate of drug-likeness (QED) is 0.664. The summed E-state index contributed by atoms with van der Waals surface area (Å²) in [4.78, 5) is 13.9. The van der Waals surface area contributed by atoms with Crippen LogP contribution < -0.4 is 10.6 Å². The van der Waals surface area contributed by atoms with E-state index in [2.05, 4.69) is 25.6 Å².